The molecule has 3 rings (SSSR count). The lowest BCUT2D eigenvalue weighted by molar-refractivity contribution is 0.805. The molecule has 1 atom stereocenters. The molecule has 1 unspecified atom stereocenters. The third-order valence-corrected chi connectivity index (χ3v) is 3.73. The van der Waals surface area contributed by atoms with Gasteiger partial charge in [-0.15, -0.1) is 0 Å². The Kier molecular flexibility index (Phi) is 4.06. The van der Waals surface area contributed by atoms with E-state index in [1.165, 1.54) is 11.3 Å². The maximum Gasteiger partial charge on any atom is 0.0469 e. The smallest absolute Gasteiger partial charge is 0.0469 e. The Balaban J connectivity index is 1.67. The highest BCUT2D eigenvalue weighted by molar-refractivity contribution is 5.51. The van der Waals surface area contributed by atoms with E-state index in [2.05, 4.69) is 83.8 Å². The number of nitrogens with zero attached hydrogens (tertiary/aromatic N) is 1. The topological polar surface area (TPSA) is 17.0 Å². The summed E-state index contributed by atoms with van der Waals surface area (Å²) < 4.78 is 2.12. The van der Waals surface area contributed by atoms with Gasteiger partial charge in [0.25, 0.3) is 0 Å². The number of aromatic nitrogens is 1. The third-order valence-electron chi connectivity index (χ3n) is 3.73. The number of anilines is 1. The molecule has 1 N–H and O–H groups in total. The summed E-state index contributed by atoms with van der Waals surface area (Å²) in [6.07, 6.45) is 4.12. The van der Waals surface area contributed by atoms with Gasteiger partial charge in [0.15, 0.2) is 0 Å². The van der Waals surface area contributed by atoms with Crippen molar-refractivity contribution in [2.75, 3.05) is 11.9 Å². The van der Waals surface area contributed by atoms with Crippen molar-refractivity contribution in [3.05, 3.63) is 84.7 Å². The van der Waals surface area contributed by atoms with Crippen molar-refractivity contribution in [3.8, 4) is 5.69 Å². The zero-order chi connectivity index (χ0) is 14.5. The van der Waals surface area contributed by atoms with Crippen LogP contribution in [0.2, 0.25) is 0 Å². The van der Waals surface area contributed by atoms with Crippen molar-refractivity contribution in [1.82, 2.24) is 4.57 Å². The largest absolute Gasteiger partial charge is 0.384 e. The van der Waals surface area contributed by atoms with E-state index in [0.29, 0.717) is 5.92 Å². The Morgan fingerprint density at radius 1 is 0.905 bits per heavy atom. The van der Waals surface area contributed by atoms with Crippen LogP contribution in [0, 0.1) is 0 Å². The van der Waals surface area contributed by atoms with Gasteiger partial charge in [-0.3, -0.25) is 0 Å². The van der Waals surface area contributed by atoms with E-state index >= 15 is 0 Å². The second kappa shape index (κ2) is 6.31. The van der Waals surface area contributed by atoms with Gasteiger partial charge in [-0.05, 0) is 41.8 Å². The molecule has 0 spiro atoms. The van der Waals surface area contributed by atoms with Crippen LogP contribution in [0.1, 0.15) is 18.4 Å². The highest BCUT2D eigenvalue weighted by atomic mass is 14.9. The average molecular weight is 276 g/mol. The van der Waals surface area contributed by atoms with Crippen LogP contribution in [0.15, 0.2) is 79.1 Å². The molecular weight excluding hydrogens is 256 g/mol. The predicted octanol–water partition coefficient (Wildman–Crippen LogP) is 4.69. The molecule has 3 aromatic rings. The maximum absolute atomic E-state index is 3.53. The first-order valence-electron chi connectivity index (χ1n) is 7.35. The van der Waals surface area contributed by atoms with E-state index in [0.717, 1.165) is 12.2 Å². The normalized spacial score (nSPS) is 12.0. The molecule has 0 aliphatic rings. The van der Waals surface area contributed by atoms with Crippen molar-refractivity contribution in [2.45, 2.75) is 12.8 Å². The minimum Gasteiger partial charge on any atom is -0.384 e. The molecule has 106 valence electrons. The number of hydrogen-bond acceptors (Lipinski definition) is 1. The van der Waals surface area contributed by atoms with Crippen molar-refractivity contribution in [3.63, 3.8) is 0 Å². The van der Waals surface area contributed by atoms with Crippen LogP contribution >= 0.6 is 0 Å². The summed E-state index contributed by atoms with van der Waals surface area (Å²) in [6, 6.07) is 23.2. The van der Waals surface area contributed by atoms with Gasteiger partial charge in [-0.2, -0.15) is 0 Å². The maximum atomic E-state index is 3.53. The SMILES string of the molecule is CC(CNc1cccc(-n2cccc2)c1)c1ccccc1. The van der Waals surface area contributed by atoms with Crippen LogP contribution in [-0.4, -0.2) is 11.1 Å². The van der Waals surface area contributed by atoms with Crippen LogP contribution < -0.4 is 5.32 Å². The van der Waals surface area contributed by atoms with Crippen molar-refractivity contribution >= 4 is 5.69 Å². The fourth-order valence-corrected chi connectivity index (χ4v) is 2.45. The Morgan fingerprint density at radius 2 is 1.67 bits per heavy atom. The van der Waals surface area contributed by atoms with Crippen LogP contribution in [-0.2, 0) is 0 Å². The molecule has 0 bridgehead atoms. The van der Waals surface area contributed by atoms with Crippen molar-refractivity contribution < 1.29 is 0 Å². The van der Waals surface area contributed by atoms with Gasteiger partial charge in [0.05, 0.1) is 0 Å². The fraction of sp³-hybridized carbons (Fsp3) is 0.158. The summed E-state index contributed by atoms with van der Waals surface area (Å²) in [6.45, 7) is 3.18. The van der Waals surface area contributed by atoms with E-state index in [9.17, 15) is 0 Å². The fourth-order valence-electron chi connectivity index (χ4n) is 2.45. The summed E-state index contributed by atoms with van der Waals surface area (Å²) in [4.78, 5) is 0. The van der Waals surface area contributed by atoms with E-state index in [-0.39, 0.29) is 0 Å². The van der Waals surface area contributed by atoms with E-state index in [1.807, 2.05) is 12.1 Å². The molecule has 0 amide bonds. The molecule has 1 heterocycles. The number of rotatable bonds is 5. The second-order valence-corrected chi connectivity index (χ2v) is 5.33. The molecular formula is C19H20N2. The van der Waals surface area contributed by atoms with Gasteiger partial charge in [0, 0.05) is 30.3 Å². The molecule has 1 aromatic heterocycles. The van der Waals surface area contributed by atoms with Crippen molar-refractivity contribution in [2.24, 2.45) is 0 Å². The van der Waals surface area contributed by atoms with Gasteiger partial charge in [0.1, 0.15) is 0 Å². The standard InChI is InChI=1S/C19H20N2/c1-16(17-8-3-2-4-9-17)15-20-18-10-7-11-19(14-18)21-12-5-6-13-21/h2-14,16,20H,15H2,1H3. The van der Waals surface area contributed by atoms with E-state index < -0.39 is 0 Å². The zero-order valence-electron chi connectivity index (χ0n) is 12.2. The summed E-state index contributed by atoms with van der Waals surface area (Å²) in [5, 5.41) is 3.53. The second-order valence-electron chi connectivity index (χ2n) is 5.33. The highest BCUT2D eigenvalue weighted by Crippen LogP contribution is 2.18. The molecule has 2 nitrogen and oxygen atoms in total. The number of hydrogen-bond donors (Lipinski definition) is 1. The predicted molar refractivity (Wildman–Crippen MR) is 89.1 cm³/mol. The van der Waals surface area contributed by atoms with Crippen molar-refractivity contribution in [1.29, 1.82) is 0 Å². The first kappa shape index (κ1) is 13.5. The third kappa shape index (κ3) is 3.34. The Hall–Kier alpha value is -2.48. The quantitative estimate of drug-likeness (QED) is 0.715. The van der Waals surface area contributed by atoms with Gasteiger partial charge in [-0.1, -0.05) is 43.3 Å². The molecule has 0 saturated carbocycles. The molecule has 21 heavy (non-hydrogen) atoms. The lowest BCUT2D eigenvalue weighted by Gasteiger charge is -2.15. The van der Waals surface area contributed by atoms with Crippen LogP contribution in [0.5, 0.6) is 0 Å². The number of benzene rings is 2. The van der Waals surface area contributed by atoms with Crippen LogP contribution in [0.4, 0.5) is 5.69 Å². The van der Waals surface area contributed by atoms with Crippen LogP contribution in [0.25, 0.3) is 5.69 Å². The Labute approximate surface area is 126 Å². The zero-order valence-corrected chi connectivity index (χ0v) is 12.2. The first-order chi connectivity index (χ1) is 10.3. The van der Waals surface area contributed by atoms with Gasteiger partial charge < -0.3 is 9.88 Å². The van der Waals surface area contributed by atoms with E-state index in [4.69, 9.17) is 0 Å². The lowest BCUT2D eigenvalue weighted by atomic mass is 10.0. The molecule has 0 saturated heterocycles. The molecule has 0 aliphatic heterocycles. The molecule has 2 aromatic carbocycles. The monoisotopic (exact) mass is 276 g/mol. The molecule has 0 aliphatic carbocycles. The summed E-state index contributed by atoms with van der Waals surface area (Å²) in [7, 11) is 0. The summed E-state index contributed by atoms with van der Waals surface area (Å²) in [5.74, 6) is 0.487. The minimum absolute atomic E-state index is 0.487. The Morgan fingerprint density at radius 3 is 2.43 bits per heavy atom. The molecule has 2 heteroatoms. The highest BCUT2D eigenvalue weighted by Gasteiger charge is 2.04. The van der Waals surface area contributed by atoms with Gasteiger partial charge >= 0.3 is 0 Å². The summed E-state index contributed by atoms with van der Waals surface area (Å²) in [5.41, 5.74) is 3.70. The van der Waals surface area contributed by atoms with Crippen LogP contribution in [0.3, 0.4) is 0 Å². The average Bonchev–Trinajstić information content (AvgIpc) is 3.08. The summed E-state index contributed by atoms with van der Waals surface area (Å²) >= 11 is 0. The molecule has 0 fully saturated rings. The van der Waals surface area contributed by atoms with Gasteiger partial charge in [-0.25, -0.2) is 0 Å². The first-order valence-corrected chi connectivity index (χ1v) is 7.35. The van der Waals surface area contributed by atoms with E-state index in [1.54, 1.807) is 0 Å². The lowest BCUT2D eigenvalue weighted by Crippen LogP contribution is -2.09. The van der Waals surface area contributed by atoms with Gasteiger partial charge in [0.2, 0.25) is 0 Å². The molecule has 0 radical (unpaired) electrons. The number of nitrogens with one attached hydrogen (secondary N) is 1. The Bertz CT molecular complexity index is 672. The minimum atomic E-state index is 0.487.